The van der Waals surface area contributed by atoms with Gasteiger partial charge in [0, 0.05) is 21.7 Å². The van der Waals surface area contributed by atoms with Crippen molar-refractivity contribution in [3.63, 3.8) is 0 Å². The highest BCUT2D eigenvalue weighted by Gasteiger charge is 2.16. The number of hydrogen-bond donors (Lipinski definition) is 3. The van der Waals surface area contributed by atoms with Crippen LogP contribution in [0.15, 0.2) is 41.5 Å². The molecule has 0 saturated carbocycles. The third-order valence-corrected chi connectivity index (χ3v) is 5.12. The number of phenolic OH excluding ortho intramolecular Hbond substituents is 2. The summed E-state index contributed by atoms with van der Waals surface area (Å²) in [6, 6.07) is 10.2. The van der Waals surface area contributed by atoms with E-state index in [2.05, 4.69) is 10.5 Å². The number of rotatable bonds is 3. The first-order valence-electron chi connectivity index (χ1n) is 7.00. The zero-order chi connectivity index (χ0) is 17.3. The highest BCUT2D eigenvalue weighted by molar-refractivity contribution is 7.21. The maximum atomic E-state index is 12.2. The van der Waals surface area contributed by atoms with Crippen LogP contribution < -0.4 is 5.43 Å². The highest BCUT2D eigenvalue weighted by Crippen LogP contribution is 2.35. The molecular weight excluding hydrogens is 348 g/mol. The summed E-state index contributed by atoms with van der Waals surface area (Å²) in [7, 11) is 0. The summed E-state index contributed by atoms with van der Waals surface area (Å²) < 4.78 is 0.920. The van der Waals surface area contributed by atoms with Gasteiger partial charge in [-0.1, -0.05) is 29.8 Å². The van der Waals surface area contributed by atoms with Crippen LogP contribution in [0, 0.1) is 6.92 Å². The monoisotopic (exact) mass is 360 g/mol. The number of aromatic hydroxyl groups is 2. The molecule has 1 heterocycles. The number of hydrogen-bond acceptors (Lipinski definition) is 5. The van der Waals surface area contributed by atoms with Gasteiger partial charge in [0.05, 0.1) is 11.2 Å². The smallest absolute Gasteiger partial charge is 0.283 e. The third kappa shape index (κ3) is 3.06. The van der Waals surface area contributed by atoms with E-state index in [1.54, 1.807) is 6.92 Å². The second-order valence-corrected chi connectivity index (χ2v) is 6.57. The molecule has 0 aliphatic rings. The molecule has 3 aromatic rings. The number of hydrazone groups is 1. The van der Waals surface area contributed by atoms with E-state index in [0.29, 0.717) is 21.0 Å². The Bertz CT molecular complexity index is 943. The number of halogens is 1. The first-order valence-corrected chi connectivity index (χ1v) is 8.20. The van der Waals surface area contributed by atoms with E-state index in [0.717, 1.165) is 10.1 Å². The van der Waals surface area contributed by atoms with E-state index >= 15 is 0 Å². The molecule has 0 aliphatic heterocycles. The summed E-state index contributed by atoms with van der Waals surface area (Å²) in [4.78, 5) is 12.6. The van der Waals surface area contributed by atoms with E-state index in [9.17, 15) is 15.0 Å². The van der Waals surface area contributed by atoms with Gasteiger partial charge in [0.15, 0.2) is 0 Å². The van der Waals surface area contributed by atoms with E-state index in [1.165, 1.54) is 29.7 Å². The Morgan fingerprint density at radius 1 is 1.29 bits per heavy atom. The average molecular weight is 361 g/mol. The standard InChI is InChI=1S/C17H13ClN2O3S/c1-9-6-10(21)7-13(22)12(9)8-19-20-17(23)16-15(18)11-4-2-3-5-14(11)24-16/h2-8,21-22H,1H3,(H,20,23)/b19-8-. The quantitative estimate of drug-likeness (QED) is 0.487. The van der Waals surface area contributed by atoms with Crippen molar-refractivity contribution in [3.05, 3.63) is 57.4 Å². The van der Waals surface area contributed by atoms with Gasteiger partial charge in [-0.25, -0.2) is 5.43 Å². The molecule has 3 rings (SSSR count). The maximum Gasteiger partial charge on any atom is 0.283 e. The summed E-state index contributed by atoms with van der Waals surface area (Å²) in [5.74, 6) is -0.581. The number of benzene rings is 2. The molecule has 122 valence electrons. The molecule has 0 bridgehead atoms. The van der Waals surface area contributed by atoms with Gasteiger partial charge in [-0.3, -0.25) is 4.79 Å². The summed E-state index contributed by atoms with van der Waals surface area (Å²) in [6.07, 6.45) is 1.32. The predicted octanol–water partition coefficient (Wildman–Crippen LogP) is 4.04. The molecular formula is C17H13ClN2O3S. The van der Waals surface area contributed by atoms with Crippen molar-refractivity contribution >= 4 is 45.1 Å². The molecule has 1 amide bonds. The normalized spacial score (nSPS) is 11.2. The topological polar surface area (TPSA) is 81.9 Å². The summed E-state index contributed by atoms with van der Waals surface area (Å²) in [6.45, 7) is 1.71. The van der Waals surface area contributed by atoms with Crippen molar-refractivity contribution in [3.8, 4) is 11.5 Å². The van der Waals surface area contributed by atoms with Gasteiger partial charge in [-0.2, -0.15) is 5.10 Å². The number of phenols is 2. The Labute approximate surface area is 146 Å². The Morgan fingerprint density at radius 3 is 2.75 bits per heavy atom. The van der Waals surface area contributed by atoms with Crippen LogP contribution in [0.1, 0.15) is 20.8 Å². The molecule has 0 spiro atoms. The van der Waals surface area contributed by atoms with Crippen LogP contribution in [-0.4, -0.2) is 22.3 Å². The Balaban J connectivity index is 1.81. The number of nitrogens with zero attached hydrogens (tertiary/aromatic N) is 1. The lowest BCUT2D eigenvalue weighted by Crippen LogP contribution is -2.16. The lowest BCUT2D eigenvalue weighted by atomic mass is 10.1. The number of thiophene rings is 1. The van der Waals surface area contributed by atoms with E-state index in [4.69, 9.17) is 11.6 Å². The van der Waals surface area contributed by atoms with Crippen molar-refractivity contribution in [2.24, 2.45) is 5.10 Å². The fourth-order valence-electron chi connectivity index (χ4n) is 2.30. The minimum atomic E-state index is -0.423. The van der Waals surface area contributed by atoms with E-state index < -0.39 is 5.91 Å². The average Bonchev–Trinajstić information content (AvgIpc) is 2.87. The zero-order valence-electron chi connectivity index (χ0n) is 12.6. The van der Waals surface area contributed by atoms with Crippen LogP contribution in [0.3, 0.4) is 0 Å². The fraction of sp³-hybridized carbons (Fsp3) is 0.0588. The summed E-state index contributed by atoms with van der Waals surface area (Å²) in [5.41, 5.74) is 3.44. The Morgan fingerprint density at radius 2 is 2.04 bits per heavy atom. The summed E-state index contributed by atoms with van der Waals surface area (Å²) >= 11 is 7.53. The maximum absolute atomic E-state index is 12.2. The molecule has 3 N–H and O–H groups in total. The fourth-order valence-corrected chi connectivity index (χ4v) is 3.70. The molecule has 24 heavy (non-hydrogen) atoms. The number of fused-ring (bicyclic) bond motifs is 1. The molecule has 7 heteroatoms. The van der Waals surface area contributed by atoms with Gasteiger partial charge >= 0.3 is 0 Å². The van der Waals surface area contributed by atoms with Gasteiger partial charge in [0.2, 0.25) is 0 Å². The van der Waals surface area contributed by atoms with Crippen molar-refractivity contribution in [2.75, 3.05) is 0 Å². The van der Waals surface area contributed by atoms with Crippen molar-refractivity contribution < 1.29 is 15.0 Å². The number of aryl methyl sites for hydroxylation is 1. The number of carbonyl (C=O) groups is 1. The number of carbonyl (C=O) groups excluding carboxylic acids is 1. The molecule has 0 saturated heterocycles. The van der Waals surface area contributed by atoms with Crippen LogP contribution in [-0.2, 0) is 0 Å². The molecule has 5 nitrogen and oxygen atoms in total. The largest absolute Gasteiger partial charge is 0.508 e. The minimum Gasteiger partial charge on any atom is -0.508 e. The molecule has 0 fully saturated rings. The molecule has 1 aromatic heterocycles. The lowest BCUT2D eigenvalue weighted by molar-refractivity contribution is 0.0959. The van der Waals surface area contributed by atoms with Gasteiger partial charge in [-0.15, -0.1) is 11.3 Å². The first kappa shape index (κ1) is 16.3. The van der Waals surface area contributed by atoms with E-state index in [1.807, 2.05) is 24.3 Å². The van der Waals surface area contributed by atoms with Crippen LogP contribution in [0.2, 0.25) is 5.02 Å². The SMILES string of the molecule is Cc1cc(O)cc(O)c1/C=N\NC(=O)c1sc2ccccc2c1Cl. The van der Waals surface area contributed by atoms with Gasteiger partial charge in [-0.05, 0) is 24.6 Å². The van der Waals surface area contributed by atoms with Crippen LogP contribution in [0.4, 0.5) is 0 Å². The Kier molecular flexibility index (Phi) is 4.42. The van der Waals surface area contributed by atoms with Crippen molar-refractivity contribution in [1.82, 2.24) is 5.43 Å². The van der Waals surface area contributed by atoms with E-state index in [-0.39, 0.29) is 11.5 Å². The van der Waals surface area contributed by atoms with Gasteiger partial charge in [0.1, 0.15) is 16.4 Å². The molecule has 0 unspecified atom stereocenters. The Hall–Kier alpha value is -2.57. The molecule has 2 aromatic carbocycles. The van der Waals surface area contributed by atoms with Crippen molar-refractivity contribution in [1.29, 1.82) is 0 Å². The predicted molar refractivity (Wildman–Crippen MR) is 96.4 cm³/mol. The molecule has 0 aliphatic carbocycles. The van der Waals surface area contributed by atoms with Crippen LogP contribution in [0.25, 0.3) is 10.1 Å². The third-order valence-electron chi connectivity index (χ3n) is 3.45. The number of nitrogens with one attached hydrogen (secondary N) is 1. The minimum absolute atomic E-state index is 0.0387. The van der Waals surface area contributed by atoms with Gasteiger partial charge in [0.25, 0.3) is 5.91 Å². The molecule has 0 radical (unpaired) electrons. The summed E-state index contributed by atoms with van der Waals surface area (Å²) in [5, 5.41) is 24.3. The molecule has 0 atom stereocenters. The number of amides is 1. The highest BCUT2D eigenvalue weighted by atomic mass is 35.5. The van der Waals surface area contributed by atoms with Crippen LogP contribution in [0.5, 0.6) is 11.5 Å². The first-order chi connectivity index (χ1) is 11.5. The second kappa shape index (κ2) is 6.51. The van der Waals surface area contributed by atoms with Gasteiger partial charge < -0.3 is 10.2 Å². The lowest BCUT2D eigenvalue weighted by Gasteiger charge is -2.04. The zero-order valence-corrected chi connectivity index (χ0v) is 14.1. The second-order valence-electron chi connectivity index (χ2n) is 5.14. The van der Waals surface area contributed by atoms with Crippen molar-refractivity contribution in [2.45, 2.75) is 6.92 Å². The van der Waals surface area contributed by atoms with Crippen LogP contribution >= 0.6 is 22.9 Å².